The molecule has 1 aliphatic carbocycles. The Morgan fingerprint density at radius 1 is 1.47 bits per heavy atom. The number of nitro groups is 1. The number of aryl methyl sites for hydroxylation is 1. The lowest BCUT2D eigenvalue weighted by Gasteiger charge is -2.19. The second kappa shape index (κ2) is 3.53. The largest absolute Gasteiger partial charge is 0.330 e. The van der Waals surface area contributed by atoms with Gasteiger partial charge in [-0.2, -0.15) is 0 Å². The molecule has 0 saturated heterocycles. The molecule has 0 bridgehead atoms. The van der Waals surface area contributed by atoms with Gasteiger partial charge in [0.25, 0.3) is 5.69 Å². The highest BCUT2D eigenvalue weighted by molar-refractivity contribution is 5.52. The van der Waals surface area contributed by atoms with Crippen LogP contribution in [-0.4, -0.2) is 11.5 Å². The molecule has 1 aliphatic rings. The van der Waals surface area contributed by atoms with Gasteiger partial charge >= 0.3 is 0 Å². The van der Waals surface area contributed by atoms with E-state index in [1.54, 1.807) is 12.1 Å². The van der Waals surface area contributed by atoms with E-state index in [-0.39, 0.29) is 21.4 Å². The van der Waals surface area contributed by atoms with Crippen molar-refractivity contribution in [3.63, 3.8) is 0 Å². The maximum absolute atomic E-state index is 11.1. The maximum atomic E-state index is 11.1. The summed E-state index contributed by atoms with van der Waals surface area (Å²) in [7, 11) is 0. The van der Waals surface area contributed by atoms with Gasteiger partial charge in [-0.15, -0.1) is 0 Å². The van der Waals surface area contributed by atoms with E-state index in [0.717, 1.165) is 17.5 Å². The smallest absolute Gasteiger partial charge is 0.273 e. The van der Waals surface area contributed by atoms with Crippen LogP contribution < -0.4 is 5.73 Å². The summed E-state index contributed by atoms with van der Waals surface area (Å²) in [6, 6.07) is 5.29. The Morgan fingerprint density at radius 3 is 2.47 bits per heavy atom. The van der Waals surface area contributed by atoms with E-state index in [4.69, 9.17) is 5.73 Å². The average molecular weight is 234 g/mol. The van der Waals surface area contributed by atoms with Crippen molar-refractivity contribution in [1.29, 1.82) is 0 Å². The summed E-state index contributed by atoms with van der Waals surface area (Å²) in [5.74, 6) is 0. The number of hydrogen-bond acceptors (Lipinski definition) is 3. The van der Waals surface area contributed by atoms with Gasteiger partial charge in [-0.25, -0.2) is 0 Å². The summed E-state index contributed by atoms with van der Waals surface area (Å²) in [4.78, 5) is 10.8. The predicted molar refractivity (Wildman–Crippen MR) is 67.0 cm³/mol. The Bertz CT molecular complexity index is 482. The molecule has 1 unspecified atom stereocenters. The first kappa shape index (κ1) is 12.0. The van der Waals surface area contributed by atoms with Crippen molar-refractivity contribution in [3.05, 3.63) is 39.4 Å². The van der Waals surface area contributed by atoms with Gasteiger partial charge in [0, 0.05) is 23.6 Å². The molecule has 0 aliphatic heterocycles. The van der Waals surface area contributed by atoms with Crippen LogP contribution in [0.4, 0.5) is 5.69 Å². The predicted octanol–water partition coefficient (Wildman–Crippen LogP) is 2.53. The minimum Gasteiger partial charge on any atom is -0.330 e. The second-order valence-corrected chi connectivity index (χ2v) is 5.62. The van der Waals surface area contributed by atoms with Crippen molar-refractivity contribution in [2.45, 2.75) is 32.6 Å². The maximum Gasteiger partial charge on any atom is 0.273 e. The SMILES string of the molecule is Cc1ccc([N+](=O)[O-])c(C2(CN)CC2(C)C)c1. The summed E-state index contributed by atoms with van der Waals surface area (Å²) in [6.45, 7) is 6.65. The second-order valence-electron chi connectivity index (χ2n) is 5.62. The van der Waals surface area contributed by atoms with Crippen LogP contribution in [0.2, 0.25) is 0 Å². The summed E-state index contributed by atoms with van der Waals surface area (Å²) >= 11 is 0. The first-order valence-corrected chi connectivity index (χ1v) is 5.80. The number of hydrogen-bond donors (Lipinski definition) is 1. The van der Waals surface area contributed by atoms with E-state index in [1.807, 2.05) is 13.0 Å². The Morgan fingerprint density at radius 2 is 2.06 bits per heavy atom. The van der Waals surface area contributed by atoms with Crippen LogP contribution in [0.5, 0.6) is 0 Å². The molecule has 0 amide bonds. The van der Waals surface area contributed by atoms with E-state index in [1.165, 1.54) is 0 Å². The molecule has 92 valence electrons. The first-order valence-electron chi connectivity index (χ1n) is 5.80. The molecule has 2 rings (SSSR count). The van der Waals surface area contributed by atoms with Gasteiger partial charge in [0.1, 0.15) is 0 Å². The van der Waals surface area contributed by atoms with Crippen LogP contribution in [-0.2, 0) is 5.41 Å². The van der Waals surface area contributed by atoms with Crippen LogP contribution >= 0.6 is 0 Å². The molecule has 0 spiro atoms. The lowest BCUT2D eigenvalue weighted by molar-refractivity contribution is -0.385. The van der Waals surface area contributed by atoms with Crippen LogP contribution in [0, 0.1) is 22.5 Å². The van der Waals surface area contributed by atoms with Gasteiger partial charge in [0.15, 0.2) is 0 Å². The minimum atomic E-state index is -0.305. The molecule has 4 nitrogen and oxygen atoms in total. The van der Waals surface area contributed by atoms with Gasteiger partial charge in [0.05, 0.1) is 4.92 Å². The fourth-order valence-electron chi connectivity index (χ4n) is 2.82. The lowest BCUT2D eigenvalue weighted by atomic mass is 9.86. The van der Waals surface area contributed by atoms with E-state index in [0.29, 0.717) is 6.54 Å². The van der Waals surface area contributed by atoms with E-state index >= 15 is 0 Å². The van der Waals surface area contributed by atoms with Crippen LogP contribution in [0.15, 0.2) is 18.2 Å². The number of nitrogens with two attached hydrogens (primary N) is 1. The molecule has 0 aromatic heterocycles. The molecule has 0 radical (unpaired) electrons. The topological polar surface area (TPSA) is 69.2 Å². The van der Waals surface area contributed by atoms with Crippen molar-refractivity contribution in [2.24, 2.45) is 11.1 Å². The molecule has 1 atom stereocenters. The summed E-state index contributed by atoms with van der Waals surface area (Å²) in [5.41, 5.74) is 7.75. The summed E-state index contributed by atoms with van der Waals surface area (Å²) < 4.78 is 0. The third-order valence-electron chi connectivity index (χ3n) is 4.13. The Balaban J connectivity index is 2.59. The highest BCUT2D eigenvalue weighted by Crippen LogP contribution is 2.65. The molecule has 2 N–H and O–H groups in total. The van der Waals surface area contributed by atoms with Crippen molar-refractivity contribution < 1.29 is 4.92 Å². The van der Waals surface area contributed by atoms with E-state index in [9.17, 15) is 10.1 Å². The zero-order chi connectivity index (χ0) is 12.8. The van der Waals surface area contributed by atoms with Crippen molar-refractivity contribution >= 4 is 5.69 Å². The third kappa shape index (κ3) is 1.63. The number of rotatable bonds is 3. The van der Waals surface area contributed by atoms with E-state index < -0.39 is 0 Å². The lowest BCUT2D eigenvalue weighted by Crippen LogP contribution is -2.26. The van der Waals surface area contributed by atoms with Crippen LogP contribution in [0.1, 0.15) is 31.4 Å². The average Bonchev–Trinajstić information content (AvgIpc) is 2.81. The number of nitrogens with zero attached hydrogens (tertiary/aromatic N) is 1. The van der Waals surface area contributed by atoms with Gasteiger partial charge in [-0.3, -0.25) is 10.1 Å². The van der Waals surface area contributed by atoms with E-state index in [2.05, 4.69) is 13.8 Å². The fourth-order valence-corrected chi connectivity index (χ4v) is 2.82. The minimum absolute atomic E-state index is 0.0559. The molecule has 1 fully saturated rings. The molecular weight excluding hydrogens is 216 g/mol. The molecule has 1 saturated carbocycles. The van der Waals surface area contributed by atoms with Crippen molar-refractivity contribution in [2.75, 3.05) is 6.54 Å². The normalized spacial score (nSPS) is 25.6. The first-order chi connectivity index (χ1) is 7.84. The molecule has 1 aromatic rings. The molecule has 17 heavy (non-hydrogen) atoms. The molecule has 1 aromatic carbocycles. The summed E-state index contributed by atoms with van der Waals surface area (Å²) in [6.07, 6.45) is 0.917. The highest BCUT2D eigenvalue weighted by Gasteiger charge is 2.63. The molecular formula is C13H18N2O2. The Labute approximate surface area is 101 Å². The zero-order valence-corrected chi connectivity index (χ0v) is 10.5. The molecule has 4 heteroatoms. The van der Waals surface area contributed by atoms with Crippen molar-refractivity contribution in [1.82, 2.24) is 0 Å². The summed E-state index contributed by atoms with van der Waals surface area (Å²) in [5, 5.41) is 11.1. The quantitative estimate of drug-likeness (QED) is 0.645. The zero-order valence-electron chi connectivity index (χ0n) is 10.5. The Hall–Kier alpha value is -1.42. The van der Waals surface area contributed by atoms with Gasteiger partial charge in [-0.1, -0.05) is 25.5 Å². The van der Waals surface area contributed by atoms with Gasteiger partial charge in [-0.05, 0) is 24.8 Å². The monoisotopic (exact) mass is 234 g/mol. The third-order valence-corrected chi connectivity index (χ3v) is 4.13. The number of benzene rings is 1. The van der Waals surface area contributed by atoms with Crippen LogP contribution in [0.25, 0.3) is 0 Å². The fraction of sp³-hybridized carbons (Fsp3) is 0.538. The van der Waals surface area contributed by atoms with Crippen LogP contribution in [0.3, 0.4) is 0 Å². The van der Waals surface area contributed by atoms with Gasteiger partial charge in [0.2, 0.25) is 0 Å². The number of nitro benzene ring substituents is 1. The molecule has 0 heterocycles. The Kier molecular flexibility index (Phi) is 2.51. The van der Waals surface area contributed by atoms with Crippen molar-refractivity contribution in [3.8, 4) is 0 Å². The van der Waals surface area contributed by atoms with Gasteiger partial charge < -0.3 is 5.73 Å². The highest BCUT2D eigenvalue weighted by atomic mass is 16.6. The standard InChI is InChI=1S/C13H18N2O2/c1-9-4-5-11(15(16)17)10(6-9)13(8-14)7-12(13,2)3/h4-6H,7-8,14H2,1-3H3.